The van der Waals surface area contributed by atoms with E-state index in [1.807, 2.05) is 54.8 Å². The fourth-order valence-corrected chi connectivity index (χ4v) is 4.87. The summed E-state index contributed by atoms with van der Waals surface area (Å²) in [7, 11) is 0. The van der Waals surface area contributed by atoms with Gasteiger partial charge in [-0.3, -0.25) is 10.1 Å². The number of para-hydroxylation sites is 4. The Labute approximate surface area is 267 Å². The van der Waals surface area contributed by atoms with Gasteiger partial charge in [-0.25, -0.2) is 4.79 Å². The van der Waals surface area contributed by atoms with Gasteiger partial charge in [0, 0.05) is 16.1 Å². The Morgan fingerprint density at radius 2 is 1.62 bits per heavy atom. The molecule has 5 N–H and O–H groups in total. The van der Waals surface area contributed by atoms with Gasteiger partial charge in [0.15, 0.2) is 6.10 Å². The van der Waals surface area contributed by atoms with Gasteiger partial charge in [0.25, 0.3) is 0 Å². The summed E-state index contributed by atoms with van der Waals surface area (Å²) in [5.41, 5.74) is 8.09. The van der Waals surface area contributed by atoms with Gasteiger partial charge in [-0.2, -0.15) is 0 Å². The van der Waals surface area contributed by atoms with E-state index in [4.69, 9.17) is 19.9 Å². The summed E-state index contributed by atoms with van der Waals surface area (Å²) in [5, 5.41) is 15.0. The average molecular weight is 628 g/mol. The summed E-state index contributed by atoms with van der Waals surface area (Å²) < 4.78 is 18.3. The van der Waals surface area contributed by atoms with Crippen molar-refractivity contribution in [1.82, 2.24) is 0 Å². The molecule has 0 aromatic heterocycles. The lowest BCUT2D eigenvalue weighted by Crippen LogP contribution is -2.31. The first-order valence-electron chi connectivity index (χ1n) is 14.4. The van der Waals surface area contributed by atoms with Gasteiger partial charge in [-0.05, 0) is 79.8 Å². The van der Waals surface area contributed by atoms with Crippen LogP contribution in [0, 0.1) is 0 Å². The Balaban J connectivity index is 1.58. The second-order valence-corrected chi connectivity index (χ2v) is 10.7. The van der Waals surface area contributed by atoms with Crippen LogP contribution in [0.3, 0.4) is 0 Å². The first-order chi connectivity index (χ1) is 22.0. The number of nitrogen functional groups attached to an aromatic ring is 1. The molecule has 4 aromatic rings. The smallest absolute Gasteiger partial charge is 0.412 e. The predicted molar refractivity (Wildman–Crippen MR) is 179 cm³/mol. The van der Waals surface area contributed by atoms with Crippen LogP contribution in [-0.2, 0) is 9.53 Å². The molecule has 0 saturated carbocycles. The molecular weight excluding hydrogens is 590 g/mol. The Hall–Kier alpha value is -4.93. The molecule has 10 heteroatoms. The van der Waals surface area contributed by atoms with Crippen LogP contribution in [-0.4, -0.2) is 42.7 Å². The van der Waals surface area contributed by atoms with Gasteiger partial charge in [-0.1, -0.05) is 54.6 Å². The molecule has 2 amide bonds. The summed E-state index contributed by atoms with van der Waals surface area (Å²) in [6, 6.07) is 30.8. The molecule has 9 nitrogen and oxygen atoms in total. The number of amides is 2. The molecule has 0 aliphatic heterocycles. The SMILES string of the molecule is CSc1ccc(NC(=O)O[C@H](c2ccccc2OCCO)[C@@H](CC/C=C/C(=O)Nc2ccccc2N)Oc2ccccc2)cc1. The quantitative estimate of drug-likeness (QED) is 0.0625. The van der Waals surface area contributed by atoms with Crippen LogP contribution in [0.1, 0.15) is 24.5 Å². The zero-order valence-electron chi connectivity index (χ0n) is 24.9. The van der Waals surface area contributed by atoms with Crippen molar-refractivity contribution in [2.75, 3.05) is 35.8 Å². The van der Waals surface area contributed by atoms with Gasteiger partial charge < -0.3 is 30.4 Å². The van der Waals surface area contributed by atoms with E-state index in [9.17, 15) is 14.7 Å². The maximum atomic E-state index is 13.3. The van der Waals surface area contributed by atoms with Crippen molar-refractivity contribution in [1.29, 1.82) is 0 Å². The van der Waals surface area contributed by atoms with Crippen molar-refractivity contribution in [2.45, 2.75) is 29.9 Å². The van der Waals surface area contributed by atoms with Crippen molar-refractivity contribution in [2.24, 2.45) is 0 Å². The summed E-state index contributed by atoms with van der Waals surface area (Å²) >= 11 is 1.60. The number of hydrogen-bond donors (Lipinski definition) is 4. The number of aliphatic hydroxyl groups excluding tert-OH is 1. The Morgan fingerprint density at radius 3 is 2.36 bits per heavy atom. The minimum Gasteiger partial charge on any atom is -0.491 e. The molecule has 45 heavy (non-hydrogen) atoms. The number of allylic oxidation sites excluding steroid dienone is 1. The molecule has 0 radical (unpaired) electrons. The van der Waals surface area contributed by atoms with Gasteiger partial charge in [0.2, 0.25) is 5.91 Å². The third-order valence-electron chi connectivity index (χ3n) is 6.62. The van der Waals surface area contributed by atoms with Crippen molar-refractivity contribution >= 4 is 40.8 Å². The minimum absolute atomic E-state index is 0.0612. The van der Waals surface area contributed by atoms with E-state index in [-0.39, 0.29) is 19.1 Å². The van der Waals surface area contributed by atoms with Crippen molar-refractivity contribution in [3.8, 4) is 11.5 Å². The van der Waals surface area contributed by atoms with E-state index < -0.39 is 18.3 Å². The van der Waals surface area contributed by atoms with Gasteiger partial charge in [0.05, 0.1) is 18.0 Å². The summed E-state index contributed by atoms with van der Waals surface area (Å²) in [6.07, 6.45) is 3.66. The molecule has 0 aliphatic carbocycles. The van der Waals surface area contributed by atoms with E-state index in [1.54, 1.807) is 72.4 Å². The molecule has 0 saturated heterocycles. The van der Waals surface area contributed by atoms with E-state index in [0.717, 1.165) is 4.90 Å². The highest BCUT2D eigenvalue weighted by atomic mass is 32.2. The normalized spacial score (nSPS) is 12.2. The topological polar surface area (TPSA) is 132 Å². The maximum Gasteiger partial charge on any atom is 0.412 e. The molecule has 0 unspecified atom stereocenters. The first kappa shape index (κ1) is 33.0. The third kappa shape index (κ3) is 10.3. The molecule has 0 aliphatic rings. The number of carbonyl (C=O) groups excluding carboxylic acids is 2. The number of anilines is 3. The maximum absolute atomic E-state index is 13.3. The second kappa shape index (κ2) is 17.4. The van der Waals surface area contributed by atoms with E-state index in [1.165, 1.54) is 6.08 Å². The lowest BCUT2D eigenvalue weighted by Gasteiger charge is -2.29. The Kier molecular flexibility index (Phi) is 12.7. The van der Waals surface area contributed by atoms with Crippen LogP contribution >= 0.6 is 11.8 Å². The van der Waals surface area contributed by atoms with Crippen molar-refractivity contribution in [3.05, 3.63) is 121 Å². The number of ether oxygens (including phenoxy) is 3. The highest BCUT2D eigenvalue weighted by Crippen LogP contribution is 2.35. The molecule has 0 bridgehead atoms. The molecule has 0 heterocycles. The zero-order valence-corrected chi connectivity index (χ0v) is 25.7. The Bertz CT molecular complexity index is 1550. The molecule has 4 aromatic carbocycles. The van der Waals surface area contributed by atoms with Gasteiger partial charge in [-0.15, -0.1) is 11.8 Å². The summed E-state index contributed by atoms with van der Waals surface area (Å²) in [6.45, 7) is -0.122. The molecule has 0 fully saturated rings. The van der Waals surface area contributed by atoms with E-state index in [0.29, 0.717) is 47.0 Å². The van der Waals surface area contributed by atoms with Crippen LogP contribution < -0.4 is 25.8 Å². The van der Waals surface area contributed by atoms with Gasteiger partial charge >= 0.3 is 6.09 Å². The number of carbonyl (C=O) groups is 2. The van der Waals surface area contributed by atoms with Crippen LogP contribution in [0.15, 0.2) is 120 Å². The molecule has 2 atom stereocenters. The lowest BCUT2D eigenvalue weighted by atomic mass is 9.99. The number of rotatable bonds is 15. The fourth-order valence-electron chi connectivity index (χ4n) is 4.46. The molecular formula is C35H37N3O6S. The minimum atomic E-state index is -0.920. The highest BCUT2D eigenvalue weighted by Gasteiger charge is 2.31. The number of nitrogens with one attached hydrogen (secondary N) is 2. The van der Waals surface area contributed by atoms with Crippen LogP contribution in [0.25, 0.3) is 0 Å². The van der Waals surface area contributed by atoms with Crippen molar-refractivity contribution < 1.29 is 28.9 Å². The summed E-state index contributed by atoms with van der Waals surface area (Å²) in [4.78, 5) is 26.9. The zero-order chi connectivity index (χ0) is 31.9. The number of nitrogens with two attached hydrogens (primary N) is 1. The summed E-state index contributed by atoms with van der Waals surface area (Å²) in [5.74, 6) is 0.709. The van der Waals surface area contributed by atoms with Crippen LogP contribution in [0.2, 0.25) is 0 Å². The highest BCUT2D eigenvalue weighted by molar-refractivity contribution is 7.98. The first-order valence-corrected chi connectivity index (χ1v) is 15.7. The van der Waals surface area contributed by atoms with Crippen molar-refractivity contribution in [3.63, 3.8) is 0 Å². The number of aliphatic hydroxyl groups is 1. The van der Waals surface area contributed by atoms with E-state index in [2.05, 4.69) is 10.6 Å². The fraction of sp³-hybridized carbons (Fsp3) is 0.200. The van der Waals surface area contributed by atoms with Gasteiger partial charge in [0.1, 0.15) is 24.2 Å². The molecule has 0 spiro atoms. The average Bonchev–Trinajstić information content (AvgIpc) is 3.06. The standard InChI is InChI=1S/C35H37N3O6S/c1-45-27-21-19-25(20-22-27)37-35(41)44-34(28-13-5-8-16-31(28)42-24-23-39)32(43-26-11-3-2-4-12-26)17-9-10-18-33(40)38-30-15-7-6-14-29(30)36/h2-8,10-16,18-22,32,34,39H,9,17,23-24,36H2,1H3,(H,37,41)(H,38,40)/b18-10+/t32-,34-/m1/s1. The third-order valence-corrected chi connectivity index (χ3v) is 7.36. The molecule has 4 rings (SSSR count). The number of hydrogen-bond acceptors (Lipinski definition) is 8. The van der Waals surface area contributed by atoms with Crippen LogP contribution in [0.5, 0.6) is 11.5 Å². The number of benzene rings is 4. The Morgan fingerprint density at radius 1 is 0.911 bits per heavy atom. The molecule has 234 valence electrons. The van der Waals surface area contributed by atoms with E-state index >= 15 is 0 Å². The number of thioether (sulfide) groups is 1. The predicted octanol–water partition coefficient (Wildman–Crippen LogP) is 7.07. The monoisotopic (exact) mass is 627 g/mol. The lowest BCUT2D eigenvalue weighted by molar-refractivity contribution is -0.111. The van der Waals surface area contributed by atoms with Crippen LogP contribution in [0.4, 0.5) is 21.9 Å². The second-order valence-electron chi connectivity index (χ2n) is 9.81. The largest absolute Gasteiger partial charge is 0.491 e.